The summed E-state index contributed by atoms with van der Waals surface area (Å²) in [5, 5.41) is 13.6. The number of non-ortho nitro benzene ring substituents is 1. The zero-order valence-electron chi connectivity index (χ0n) is 15.7. The quantitative estimate of drug-likeness (QED) is 0.351. The topological polar surface area (TPSA) is 83.8 Å². The van der Waals surface area contributed by atoms with E-state index in [2.05, 4.69) is 0 Å². The minimum atomic E-state index is -3.24. The Bertz CT molecular complexity index is 1290. The van der Waals surface area contributed by atoms with Crippen LogP contribution in [0.1, 0.15) is 0 Å². The molecule has 2 fully saturated rings. The van der Waals surface area contributed by atoms with Gasteiger partial charge in [0.25, 0.3) is 5.69 Å². The molecule has 0 spiro atoms. The van der Waals surface area contributed by atoms with Gasteiger partial charge in [-0.05, 0) is 35.8 Å². The summed E-state index contributed by atoms with van der Waals surface area (Å²) in [7, 11) is -3.24. The first-order chi connectivity index (χ1) is 14.4. The van der Waals surface area contributed by atoms with Crippen LogP contribution in [0.15, 0.2) is 66.7 Å². The SMILES string of the molecule is O=[N+]([O-])c1ccc(N2C(=S)N(c3cccc4ccccc34)C3CS(=O)(=O)CC32)cc1. The van der Waals surface area contributed by atoms with Crippen molar-refractivity contribution in [2.75, 3.05) is 21.3 Å². The predicted octanol–water partition coefficient (Wildman–Crippen LogP) is 3.53. The number of nitro groups is 1. The van der Waals surface area contributed by atoms with Crippen molar-refractivity contribution in [3.05, 3.63) is 76.8 Å². The van der Waals surface area contributed by atoms with E-state index in [-0.39, 0.29) is 29.3 Å². The molecule has 2 heterocycles. The summed E-state index contributed by atoms with van der Waals surface area (Å²) in [5.41, 5.74) is 1.50. The van der Waals surface area contributed by atoms with Gasteiger partial charge in [-0.15, -0.1) is 0 Å². The Morgan fingerprint density at radius 1 is 0.900 bits per heavy atom. The molecule has 0 bridgehead atoms. The lowest BCUT2D eigenvalue weighted by atomic mass is 10.1. The van der Waals surface area contributed by atoms with E-state index in [4.69, 9.17) is 12.2 Å². The standard InChI is InChI=1S/C21H17N3O4S2/c25-24(26)16-10-8-15(9-11-16)22-19-12-30(27,28)13-20(19)23(21(22)29)18-7-3-5-14-4-1-2-6-17(14)18/h1-11,19-20H,12-13H2. The first kappa shape index (κ1) is 19.0. The molecule has 0 saturated carbocycles. The maximum Gasteiger partial charge on any atom is 0.269 e. The van der Waals surface area contributed by atoms with E-state index in [1.54, 1.807) is 12.1 Å². The fraction of sp³-hybridized carbons (Fsp3) is 0.190. The van der Waals surface area contributed by atoms with E-state index in [0.717, 1.165) is 16.5 Å². The Kier molecular flexibility index (Phi) is 4.26. The monoisotopic (exact) mass is 439 g/mol. The van der Waals surface area contributed by atoms with Gasteiger partial charge in [0.1, 0.15) is 0 Å². The van der Waals surface area contributed by atoms with Crippen LogP contribution in [-0.2, 0) is 9.84 Å². The highest BCUT2D eigenvalue weighted by Gasteiger charge is 2.52. The van der Waals surface area contributed by atoms with Crippen LogP contribution in [0.25, 0.3) is 10.8 Å². The Balaban J connectivity index is 1.64. The van der Waals surface area contributed by atoms with Crippen molar-refractivity contribution in [3.8, 4) is 0 Å². The molecule has 7 nitrogen and oxygen atoms in total. The Hall–Kier alpha value is -3.04. The van der Waals surface area contributed by atoms with E-state index >= 15 is 0 Å². The molecule has 30 heavy (non-hydrogen) atoms. The third-order valence-corrected chi connectivity index (χ3v) is 7.83. The normalized spacial score (nSPS) is 22.5. The second kappa shape index (κ2) is 6.75. The van der Waals surface area contributed by atoms with Crippen LogP contribution in [0, 0.1) is 10.1 Å². The lowest BCUT2D eigenvalue weighted by Crippen LogP contribution is -2.37. The van der Waals surface area contributed by atoms with E-state index in [1.807, 2.05) is 52.3 Å². The van der Waals surface area contributed by atoms with E-state index < -0.39 is 14.8 Å². The largest absolute Gasteiger partial charge is 0.312 e. The zero-order chi connectivity index (χ0) is 21.0. The number of rotatable bonds is 3. The third-order valence-electron chi connectivity index (χ3n) is 5.73. The summed E-state index contributed by atoms with van der Waals surface area (Å²) in [6, 6.07) is 19.2. The van der Waals surface area contributed by atoms with Crippen molar-refractivity contribution in [2.24, 2.45) is 0 Å². The van der Waals surface area contributed by atoms with Crippen LogP contribution < -0.4 is 9.80 Å². The second-order valence-electron chi connectivity index (χ2n) is 7.51. The lowest BCUT2D eigenvalue weighted by Gasteiger charge is -2.26. The summed E-state index contributed by atoms with van der Waals surface area (Å²) in [5.74, 6) is 0.0145. The van der Waals surface area contributed by atoms with Crippen molar-refractivity contribution in [1.29, 1.82) is 0 Å². The summed E-state index contributed by atoms with van der Waals surface area (Å²) < 4.78 is 25.1. The van der Waals surface area contributed by atoms with Crippen LogP contribution in [0.5, 0.6) is 0 Å². The Morgan fingerprint density at radius 3 is 2.23 bits per heavy atom. The Morgan fingerprint density at radius 2 is 1.53 bits per heavy atom. The van der Waals surface area contributed by atoms with Gasteiger partial charge in [-0.3, -0.25) is 10.1 Å². The maximum absolute atomic E-state index is 12.5. The number of thiocarbonyl (C=S) groups is 1. The third kappa shape index (κ3) is 2.93. The van der Waals surface area contributed by atoms with Gasteiger partial charge in [0, 0.05) is 23.2 Å². The first-order valence-electron chi connectivity index (χ1n) is 9.41. The average Bonchev–Trinajstić information content (AvgIpc) is 3.16. The number of benzene rings is 3. The molecule has 0 aromatic heterocycles. The minimum absolute atomic E-state index is 0.00391. The summed E-state index contributed by atoms with van der Waals surface area (Å²) in [6.45, 7) is 0. The smallest absolute Gasteiger partial charge is 0.269 e. The van der Waals surface area contributed by atoms with Gasteiger partial charge >= 0.3 is 0 Å². The fourth-order valence-corrected chi connectivity index (χ4v) is 6.83. The number of fused-ring (bicyclic) bond motifs is 2. The van der Waals surface area contributed by atoms with Gasteiger partial charge in [0.15, 0.2) is 14.9 Å². The van der Waals surface area contributed by atoms with Gasteiger partial charge in [0.2, 0.25) is 0 Å². The molecule has 2 saturated heterocycles. The maximum atomic E-state index is 12.5. The molecule has 0 amide bonds. The molecule has 152 valence electrons. The van der Waals surface area contributed by atoms with Gasteiger partial charge in [-0.25, -0.2) is 8.42 Å². The van der Waals surface area contributed by atoms with Gasteiger partial charge in [-0.1, -0.05) is 36.4 Å². The van der Waals surface area contributed by atoms with E-state index in [1.165, 1.54) is 12.1 Å². The Labute approximate surface area is 178 Å². The number of hydrogen-bond donors (Lipinski definition) is 0. The van der Waals surface area contributed by atoms with Gasteiger partial charge < -0.3 is 9.80 Å². The zero-order valence-corrected chi connectivity index (χ0v) is 17.3. The number of anilines is 2. The molecule has 2 atom stereocenters. The average molecular weight is 440 g/mol. The second-order valence-corrected chi connectivity index (χ2v) is 10.0. The highest BCUT2D eigenvalue weighted by Crippen LogP contribution is 2.40. The highest BCUT2D eigenvalue weighted by atomic mass is 32.2. The summed E-state index contributed by atoms with van der Waals surface area (Å²) in [4.78, 5) is 14.3. The van der Waals surface area contributed by atoms with E-state index in [0.29, 0.717) is 10.8 Å². The molecule has 2 unspecified atom stereocenters. The van der Waals surface area contributed by atoms with Crippen LogP contribution in [-0.4, -0.2) is 42.0 Å². The van der Waals surface area contributed by atoms with Crippen molar-refractivity contribution < 1.29 is 13.3 Å². The van der Waals surface area contributed by atoms with Crippen molar-refractivity contribution >= 4 is 55.0 Å². The van der Waals surface area contributed by atoms with Gasteiger partial charge in [-0.2, -0.15) is 0 Å². The number of nitrogens with zero attached hydrogens (tertiary/aromatic N) is 3. The summed E-state index contributed by atoms with van der Waals surface area (Å²) in [6.07, 6.45) is 0. The van der Waals surface area contributed by atoms with E-state index in [9.17, 15) is 18.5 Å². The summed E-state index contributed by atoms with van der Waals surface area (Å²) >= 11 is 5.83. The molecule has 3 aromatic rings. The lowest BCUT2D eigenvalue weighted by molar-refractivity contribution is -0.384. The molecule has 0 N–H and O–H groups in total. The molecule has 0 radical (unpaired) electrons. The first-order valence-corrected chi connectivity index (χ1v) is 11.6. The fourth-order valence-electron chi connectivity index (χ4n) is 4.44. The van der Waals surface area contributed by atoms with Gasteiger partial charge in [0.05, 0.1) is 34.2 Å². The minimum Gasteiger partial charge on any atom is -0.312 e. The molecule has 2 aliphatic heterocycles. The van der Waals surface area contributed by atoms with Crippen molar-refractivity contribution in [2.45, 2.75) is 12.1 Å². The molecular formula is C21H17N3O4S2. The molecule has 2 aliphatic rings. The number of sulfone groups is 1. The molecule has 9 heteroatoms. The van der Waals surface area contributed by atoms with Crippen LogP contribution >= 0.6 is 12.2 Å². The van der Waals surface area contributed by atoms with Crippen LogP contribution in [0.2, 0.25) is 0 Å². The van der Waals surface area contributed by atoms with Crippen LogP contribution in [0.4, 0.5) is 17.1 Å². The molecule has 0 aliphatic carbocycles. The molecule has 3 aromatic carbocycles. The van der Waals surface area contributed by atoms with Crippen molar-refractivity contribution in [3.63, 3.8) is 0 Å². The van der Waals surface area contributed by atoms with Crippen molar-refractivity contribution in [1.82, 2.24) is 0 Å². The van der Waals surface area contributed by atoms with Crippen LogP contribution in [0.3, 0.4) is 0 Å². The molecular weight excluding hydrogens is 422 g/mol. The highest BCUT2D eigenvalue weighted by molar-refractivity contribution is 7.91. The number of nitro benzene ring substituents is 1. The predicted molar refractivity (Wildman–Crippen MR) is 121 cm³/mol. The number of hydrogen-bond acceptors (Lipinski definition) is 5. The molecule has 5 rings (SSSR count).